The zero-order chi connectivity index (χ0) is 12.7. The van der Waals surface area contributed by atoms with Crippen LogP contribution in [0.4, 0.5) is 0 Å². The van der Waals surface area contributed by atoms with E-state index in [2.05, 4.69) is 45.0 Å². The molecule has 0 bridgehead atoms. The molecule has 0 aliphatic heterocycles. The monoisotopic (exact) mass is 235 g/mol. The Kier molecular flexibility index (Phi) is 6.23. The molecule has 0 saturated carbocycles. The summed E-state index contributed by atoms with van der Waals surface area (Å²) in [5.74, 6) is 0. The predicted octanol–water partition coefficient (Wildman–Crippen LogP) is 3.59. The number of unbranched alkanes of at least 4 members (excludes halogenated alkanes) is 1. The minimum atomic E-state index is 0.0350. The van der Waals surface area contributed by atoms with Gasteiger partial charge < -0.3 is 10.5 Å². The fourth-order valence-corrected chi connectivity index (χ4v) is 1.92. The van der Waals surface area contributed by atoms with Gasteiger partial charge in [-0.25, -0.2) is 0 Å². The lowest BCUT2D eigenvalue weighted by Gasteiger charge is -2.25. The maximum Gasteiger partial charge on any atom is 0.0978 e. The van der Waals surface area contributed by atoms with Crippen molar-refractivity contribution in [2.24, 2.45) is 5.73 Å². The number of aryl methyl sites for hydroxylation is 1. The van der Waals surface area contributed by atoms with Gasteiger partial charge in [-0.1, -0.05) is 44.5 Å². The van der Waals surface area contributed by atoms with Crippen LogP contribution in [0.5, 0.6) is 0 Å². The number of ether oxygens (including phenoxy) is 1. The molecular formula is C15H25NO. The third-order valence-electron chi connectivity index (χ3n) is 3.15. The molecule has 2 atom stereocenters. The zero-order valence-corrected chi connectivity index (χ0v) is 11.3. The summed E-state index contributed by atoms with van der Waals surface area (Å²) in [6.07, 6.45) is 3.22. The second-order valence-electron chi connectivity index (χ2n) is 4.57. The van der Waals surface area contributed by atoms with Crippen molar-refractivity contribution in [1.82, 2.24) is 0 Å². The summed E-state index contributed by atoms with van der Waals surface area (Å²) in [5.41, 5.74) is 8.67. The maximum atomic E-state index is 6.18. The van der Waals surface area contributed by atoms with Crippen molar-refractivity contribution in [3.8, 4) is 0 Å². The summed E-state index contributed by atoms with van der Waals surface area (Å²) < 4.78 is 5.98. The normalized spacial score (nSPS) is 14.6. The van der Waals surface area contributed by atoms with Crippen molar-refractivity contribution < 1.29 is 4.74 Å². The molecule has 0 aliphatic rings. The SMILES string of the molecule is CCCCOC(c1ccccc1C)C(N)CC. The van der Waals surface area contributed by atoms with Crippen LogP contribution < -0.4 is 5.73 Å². The largest absolute Gasteiger partial charge is 0.372 e. The molecular weight excluding hydrogens is 210 g/mol. The van der Waals surface area contributed by atoms with Crippen LogP contribution in [0.3, 0.4) is 0 Å². The Morgan fingerprint density at radius 1 is 1.24 bits per heavy atom. The van der Waals surface area contributed by atoms with Crippen molar-refractivity contribution in [2.75, 3.05) is 6.61 Å². The number of hydrogen-bond donors (Lipinski definition) is 1. The first-order valence-corrected chi connectivity index (χ1v) is 6.63. The number of rotatable bonds is 7. The van der Waals surface area contributed by atoms with Crippen LogP contribution in [-0.2, 0) is 4.74 Å². The van der Waals surface area contributed by atoms with E-state index in [1.54, 1.807) is 0 Å². The molecule has 2 N–H and O–H groups in total. The molecule has 1 rings (SSSR count). The topological polar surface area (TPSA) is 35.2 Å². The van der Waals surface area contributed by atoms with Gasteiger partial charge in [0, 0.05) is 12.6 Å². The fourth-order valence-electron chi connectivity index (χ4n) is 1.92. The maximum absolute atomic E-state index is 6.18. The van der Waals surface area contributed by atoms with E-state index in [4.69, 9.17) is 10.5 Å². The number of nitrogens with two attached hydrogens (primary N) is 1. The summed E-state index contributed by atoms with van der Waals surface area (Å²) in [6.45, 7) is 7.20. The molecule has 0 aromatic heterocycles. The molecule has 0 spiro atoms. The molecule has 17 heavy (non-hydrogen) atoms. The van der Waals surface area contributed by atoms with E-state index in [9.17, 15) is 0 Å². The van der Waals surface area contributed by atoms with Gasteiger partial charge in [-0.15, -0.1) is 0 Å². The molecule has 0 fully saturated rings. The summed E-state index contributed by atoms with van der Waals surface area (Å²) >= 11 is 0. The highest BCUT2D eigenvalue weighted by Crippen LogP contribution is 2.25. The molecule has 1 aromatic rings. The Hall–Kier alpha value is -0.860. The fraction of sp³-hybridized carbons (Fsp3) is 0.600. The van der Waals surface area contributed by atoms with E-state index in [0.717, 1.165) is 25.9 Å². The minimum absolute atomic E-state index is 0.0350. The van der Waals surface area contributed by atoms with Crippen molar-refractivity contribution >= 4 is 0 Å². The number of hydrogen-bond acceptors (Lipinski definition) is 2. The highest BCUT2D eigenvalue weighted by molar-refractivity contribution is 5.28. The lowest BCUT2D eigenvalue weighted by molar-refractivity contribution is 0.0314. The van der Waals surface area contributed by atoms with Gasteiger partial charge in [-0.05, 0) is 30.9 Å². The average molecular weight is 235 g/mol. The van der Waals surface area contributed by atoms with E-state index in [1.165, 1.54) is 11.1 Å². The van der Waals surface area contributed by atoms with E-state index < -0.39 is 0 Å². The van der Waals surface area contributed by atoms with Crippen molar-refractivity contribution in [1.29, 1.82) is 0 Å². The van der Waals surface area contributed by atoms with Gasteiger partial charge in [0.05, 0.1) is 6.10 Å². The van der Waals surface area contributed by atoms with E-state index >= 15 is 0 Å². The van der Waals surface area contributed by atoms with Crippen molar-refractivity contribution in [2.45, 2.75) is 52.2 Å². The van der Waals surface area contributed by atoms with Crippen LogP contribution in [0.25, 0.3) is 0 Å². The average Bonchev–Trinajstić information content (AvgIpc) is 2.35. The minimum Gasteiger partial charge on any atom is -0.372 e. The summed E-state index contributed by atoms with van der Waals surface area (Å²) in [5, 5.41) is 0. The Morgan fingerprint density at radius 3 is 2.53 bits per heavy atom. The van der Waals surface area contributed by atoms with Crippen molar-refractivity contribution in [3.05, 3.63) is 35.4 Å². The van der Waals surface area contributed by atoms with Crippen LogP contribution in [0.1, 0.15) is 50.3 Å². The summed E-state index contributed by atoms with van der Waals surface area (Å²) in [6, 6.07) is 8.43. The van der Waals surface area contributed by atoms with Gasteiger partial charge in [0.15, 0.2) is 0 Å². The molecule has 2 nitrogen and oxygen atoms in total. The Bertz CT molecular complexity index is 324. The standard InChI is InChI=1S/C15H25NO/c1-4-6-11-17-15(14(16)5-2)13-10-8-7-9-12(13)3/h7-10,14-15H,4-6,11,16H2,1-3H3. The summed E-state index contributed by atoms with van der Waals surface area (Å²) in [7, 11) is 0. The van der Waals surface area contributed by atoms with Crippen LogP contribution in [-0.4, -0.2) is 12.6 Å². The third-order valence-corrected chi connectivity index (χ3v) is 3.15. The first kappa shape index (κ1) is 14.2. The smallest absolute Gasteiger partial charge is 0.0978 e. The second-order valence-corrected chi connectivity index (χ2v) is 4.57. The molecule has 0 heterocycles. The van der Waals surface area contributed by atoms with Crippen LogP contribution in [0, 0.1) is 6.92 Å². The van der Waals surface area contributed by atoms with Crippen LogP contribution in [0.2, 0.25) is 0 Å². The summed E-state index contributed by atoms with van der Waals surface area (Å²) in [4.78, 5) is 0. The first-order chi connectivity index (χ1) is 8.20. The van der Waals surface area contributed by atoms with Gasteiger partial charge >= 0.3 is 0 Å². The molecule has 96 valence electrons. The predicted molar refractivity (Wildman–Crippen MR) is 73.0 cm³/mol. The molecule has 2 unspecified atom stereocenters. The molecule has 2 heteroatoms. The molecule has 0 radical (unpaired) electrons. The lowest BCUT2D eigenvalue weighted by Crippen LogP contribution is -2.30. The third kappa shape index (κ3) is 4.14. The lowest BCUT2D eigenvalue weighted by atomic mass is 9.97. The van der Waals surface area contributed by atoms with Gasteiger partial charge in [0.1, 0.15) is 0 Å². The van der Waals surface area contributed by atoms with Gasteiger partial charge in [-0.3, -0.25) is 0 Å². The second kappa shape index (κ2) is 7.46. The Balaban J connectivity index is 2.79. The Labute approximate surface area is 105 Å². The van der Waals surface area contributed by atoms with Gasteiger partial charge in [0.2, 0.25) is 0 Å². The Morgan fingerprint density at radius 2 is 1.94 bits per heavy atom. The van der Waals surface area contributed by atoms with Crippen LogP contribution in [0.15, 0.2) is 24.3 Å². The van der Waals surface area contributed by atoms with Crippen molar-refractivity contribution in [3.63, 3.8) is 0 Å². The zero-order valence-electron chi connectivity index (χ0n) is 11.3. The molecule has 0 aliphatic carbocycles. The molecule has 0 amide bonds. The van der Waals surface area contributed by atoms with E-state index in [0.29, 0.717) is 0 Å². The highest BCUT2D eigenvalue weighted by atomic mass is 16.5. The van der Waals surface area contributed by atoms with E-state index in [1.807, 2.05) is 0 Å². The van der Waals surface area contributed by atoms with Crippen LogP contribution >= 0.6 is 0 Å². The highest BCUT2D eigenvalue weighted by Gasteiger charge is 2.20. The van der Waals surface area contributed by atoms with Gasteiger partial charge in [-0.2, -0.15) is 0 Å². The van der Waals surface area contributed by atoms with Gasteiger partial charge in [0.25, 0.3) is 0 Å². The van der Waals surface area contributed by atoms with E-state index in [-0.39, 0.29) is 12.1 Å². The first-order valence-electron chi connectivity index (χ1n) is 6.63. The molecule has 0 saturated heterocycles. The molecule has 1 aromatic carbocycles. The number of benzene rings is 1. The quantitative estimate of drug-likeness (QED) is 0.733.